The molecule has 0 atom stereocenters. The largest absolute Gasteiger partial charge is 0.384 e. The van der Waals surface area contributed by atoms with Crippen molar-refractivity contribution in [2.45, 2.75) is 6.54 Å². The lowest BCUT2D eigenvalue weighted by molar-refractivity contribution is 0.712. The maximum Gasteiger partial charge on any atom is 0.125 e. The van der Waals surface area contributed by atoms with Gasteiger partial charge in [0.1, 0.15) is 5.82 Å². The van der Waals surface area contributed by atoms with Crippen LogP contribution in [-0.2, 0) is 6.54 Å². The molecule has 0 bridgehead atoms. The van der Waals surface area contributed by atoms with E-state index >= 15 is 0 Å². The molecular weight excluding hydrogens is 212 g/mol. The topological polar surface area (TPSA) is 56.7 Å². The highest BCUT2D eigenvalue weighted by atomic mass is 15.3. The van der Waals surface area contributed by atoms with Crippen LogP contribution in [0.25, 0.3) is 10.9 Å². The number of aromatic nitrogens is 3. The van der Waals surface area contributed by atoms with Crippen LogP contribution in [0.4, 0.5) is 5.82 Å². The molecule has 2 heterocycles. The van der Waals surface area contributed by atoms with E-state index in [2.05, 4.69) is 22.2 Å². The molecule has 84 valence electrons. The third-order valence-electron chi connectivity index (χ3n) is 2.72. The Hall–Kier alpha value is -2.36. The zero-order valence-corrected chi connectivity index (χ0v) is 9.24. The van der Waals surface area contributed by atoms with Crippen molar-refractivity contribution in [3.8, 4) is 0 Å². The van der Waals surface area contributed by atoms with E-state index in [1.165, 1.54) is 5.56 Å². The second-order valence-corrected chi connectivity index (χ2v) is 3.96. The van der Waals surface area contributed by atoms with Gasteiger partial charge in [-0.3, -0.25) is 4.68 Å². The monoisotopic (exact) mass is 224 g/mol. The van der Waals surface area contributed by atoms with Crippen LogP contribution in [0.5, 0.6) is 0 Å². The summed E-state index contributed by atoms with van der Waals surface area (Å²) in [5.74, 6) is 0.521. The van der Waals surface area contributed by atoms with Crippen molar-refractivity contribution in [1.29, 1.82) is 0 Å². The van der Waals surface area contributed by atoms with Crippen LogP contribution in [0.2, 0.25) is 0 Å². The smallest absolute Gasteiger partial charge is 0.125 e. The van der Waals surface area contributed by atoms with Gasteiger partial charge in [-0.05, 0) is 5.56 Å². The van der Waals surface area contributed by atoms with E-state index in [4.69, 9.17) is 5.73 Å². The lowest BCUT2D eigenvalue weighted by Crippen LogP contribution is -2.01. The molecule has 0 saturated heterocycles. The van der Waals surface area contributed by atoms with Gasteiger partial charge in [-0.25, -0.2) is 4.98 Å². The first-order chi connectivity index (χ1) is 8.33. The summed E-state index contributed by atoms with van der Waals surface area (Å²) in [4.78, 5) is 4.05. The molecule has 2 N–H and O–H groups in total. The zero-order chi connectivity index (χ0) is 11.7. The molecule has 3 aromatic rings. The molecule has 4 nitrogen and oxygen atoms in total. The van der Waals surface area contributed by atoms with Gasteiger partial charge in [0.15, 0.2) is 0 Å². The molecule has 0 saturated carbocycles. The molecule has 2 aromatic heterocycles. The number of nitrogen functional groups attached to an aromatic ring is 1. The van der Waals surface area contributed by atoms with Crippen molar-refractivity contribution >= 4 is 16.7 Å². The number of benzene rings is 1. The summed E-state index contributed by atoms with van der Waals surface area (Å²) in [6.07, 6.45) is 3.56. The van der Waals surface area contributed by atoms with E-state index < -0.39 is 0 Å². The number of fused-ring (bicyclic) bond motifs is 1. The second-order valence-electron chi connectivity index (χ2n) is 3.96. The average molecular weight is 224 g/mol. The van der Waals surface area contributed by atoms with Crippen LogP contribution in [-0.4, -0.2) is 14.8 Å². The minimum Gasteiger partial charge on any atom is -0.384 e. The normalized spacial score (nSPS) is 10.8. The summed E-state index contributed by atoms with van der Waals surface area (Å²) in [5, 5.41) is 5.36. The standard InChI is InChI=1S/C13H12N4/c14-13-6-12-11(7-15-13)8-16-17(12)9-10-4-2-1-3-5-10/h1-8H,9H2,(H2,14,15). The molecule has 4 heteroatoms. The Kier molecular flexibility index (Phi) is 2.26. The molecule has 0 unspecified atom stereocenters. The summed E-state index contributed by atoms with van der Waals surface area (Å²) >= 11 is 0. The highest BCUT2D eigenvalue weighted by molar-refractivity contribution is 5.79. The summed E-state index contributed by atoms with van der Waals surface area (Å²) in [6.45, 7) is 0.744. The first-order valence-electron chi connectivity index (χ1n) is 5.44. The Morgan fingerprint density at radius 2 is 1.94 bits per heavy atom. The van der Waals surface area contributed by atoms with Crippen molar-refractivity contribution in [3.05, 3.63) is 54.4 Å². The quantitative estimate of drug-likeness (QED) is 0.724. The third kappa shape index (κ3) is 1.85. The molecule has 0 amide bonds. The Balaban J connectivity index is 2.03. The van der Waals surface area contributed by atoms with Gasteiger partial charge in [0.05, 0.1) is 18.3 Å². The lowest BCUT2D eigenvalue weighted by atomic mass is 10.2. The summed E-state index contributed by atoms with van der Waals surface area (Å²) < 4.78 is 1.93. The van der Waals surface area contributed by atoms with Crippen LogP contribution < -0.4 is 5.73 Å². The third-order valence-corrected chi connectivity index (χ3v) is 2.72. The predicted octanol–water partition coefficient (Wildman–Crippen LogP) is 2.06. The Morgan fingerprint density at radius 3 is 2.76 bits per heavy atom. The fourth-order valence-corrected chi connectivity index (χ4v) is 1.87. The molecule has 0 aliphatic heterocycles. The van der Waals surface area contributed by atoms with Gasteiger partial charge in [-0.15, -0.1) is 0 Å². The molecule has 17 heavy (non-hydrogen) atoms. The Morgan fingerprint density at radius 1 is 1.12 bits per heavy atom. The number of nitrogens with two attached hydrogens (primary N) is 1. The van der Waals surface area contributed by atoms with Crippen molar-refractivity contribution < 1.29 is 0 Å². The maximum atomic E-state index is 5.69. The van der Waals surface area contributed by atoms with Crippen LogP contribution in [0, 0.1) is 0 Å². The minimum atomic E-state index is 0.521. The molecule has 1 aromatic carbocycles. The van der Waals surface area contributed by atoms with Gasteiger partial charge in [0.2, 0.25) is 0 Å². The van der Waals surface area contributed by atoms with Gasteiger partial charge in [-0.1, -0.05) is 30.3 Å². The number of rotatable bonds is 2. The van der Waals surface area contributed by atoms with E-state index in [9.17, 15) is 0 Å². The lowest BCUT2D eigenvalue weighted by Gasteiger charge is -2.03. The fourth-order valence-electron chi connectivity index (χ4n) is 1.87. The SMILES string of the molecule is Nc1cc2c(cn1)cnn2Cc1ccccc1. The predicted molar refractivity (Wildman–Crippen MR) is 67.5 cm³/mol. The molecule has 0 radical (unpaired) electrons. The maximum absolute atomic E-state index is 5.69. The van der Waals surface area contributed by atoms with E-state index in [1.807, 2.05) is 35.1 Å². The number of pyridine rings is 1. The van der Waals surface area contributed by atoms with Crippen molar-refractivity contribution in [2.24, 2.45) is 0 Å². The summed E-state index contributed by atoms with van der Waals surface area (Å²) in [5.41, 5.74) is 7.92. The van der Waals surface area contributed by atoms with E-state index in [0.717, 1.165) is 17.4 Å². The summed E-state index contributed by atoms with van der Waals surface area (Å²) in [7, 11) is 0. The van der Waals surface area contributed by atoms with E-state index in [1.54, 1.807) is 6.20 Å². The first kappa shape index (κ1) is 9.84. The van der Waals surface area contributed by atoms with Crippen molar-refractivity contribution in [1.82, 2.24) is 14.8 Å². The summed E-state index contributed by atoms with van der Waals surface area (Å²) in [6, 6.07) is 12.1. The van der Waals surface area contributed by atoms with Crippen molar-refractivity contribution in [2.75, 3.05) is 5.73 Å². The number of nitrogens with zero attached hydrogens (tertiary/aromatic N) is 3. The first-order valence-corrected chi connectivity index (χ1v) is 5.44. The number of anilines is 1. The highest BCUT2D eigenvalue weighted by Gasteiger charge is 2.04. The van der Waals surface area contributed by atoms with Crippen LogP contribution >= 0.6 is 0 Å². The molecule has 3 rings (SSSR count). The van der Waals surface area contributed by atoms with Gasteiger partial charge in [0, 0.05) is 17.6 Å². The Labute approximate surface area is 98.7 Å². The van der Waals surface area contributed by atoms with Gasteiger partial charge in [0.25, 0.3) is 0 Å². The average Bonchev–Trinajstić information content (AvgIpc) is 2.73. The molecule has 0 spiro atoms. The number of hydrogen-bond acceptors (Lipinski definition) is 3. The second kappa shape index (κ2) is 3.90. The van der Waals surface area contributed by atoms with Crippen LogP contribution in [0.3, 0.4) is 0 Å². The zero-order valence-electron chi connectivity index (χ0n) is 9.24. The number of hydrogen-bond donors (Lipinski definition) is 1. The van der Waals surface area contributed by atoms with Gasteiger partial charge < -0.3 is 5.73 Å². The van der Waals surface area contributed by atoms with Gasteiger partial charge in [-0.2, -0.15) is 5.10 Å². The highest BCUT2D eigenvalue weighted by Crippen LogP contribution is 2.15. The fraction of sp³-hybridized carbons (Fsp3) is 0.0769. The van der Waals surface area contributed by atoms with Crippen LogP contribution in [0.15, 0.2) is 48.8 Å². The van der Waals surface area contributed by atoms with Crippen molar-refractivity contribution in [3.63, 3.8) is 0 Å². The molecule has 0 fully saturated rings. The van der Waals surface area contributed by atoms with Gasteiger partial charge >= 0.3 is 0 Å². The molecule has 0 aliphatic carbocycles. The minimum absolute atomic E-state index is 0.521. The molecular formula is C13H12N4. The molecule has 0 aliphatic rings. The van der Waals surface area contributed by atoms with E-state index in [0.29, 0.717) is 5.82 Å². The Bertz CT molecular complexity index is 643. The van der Waals surface area contributed by atoms with Crippen LogP contribution in [0.1, 0.15) is 5.56 Å². The van der Waals surface area contributed by atoms with E-state index in [-0.39, 0.29) is 0 Å².